The fraction of sp³-hybridized carbons (Fsp3) is 0.565. The van der Waals surface area contributed by atoms with E-state index in [0.29, 0.717) is 17.4 Å². The van der Waals surface area contributed by atoms with Crippen LogP contribution in [0.4, 0.5) is 0 Å². The summed E-state index contributed by atoms with van der Waals surface area (Å²) in [6, 6.07) is 5.93. The summed E-state index contributed by atoms with van der Waals surface area (Å²) in [7, 11) is 0. The molecular formula is C23H31N3O2. The van der Waals surface area contributed by atoms with E-state index < -0.39 is 5.66 Å². The van der Waals surface area contributed by atoms with Crippen LogP contribution in [0.15, 0.2) is 30.7 Å². The van der Waals surface area contributed by atoms with Crippen LogP contribution in [0.1, 0.15) is 80.4 Å². The minimum Gasteiger partial charge on any atom is -0.491 e. The molecule has 1 amide bonds. The molecule has 2 aliphatic carbocycles. The minimum atomic E-state index is -0.478. The normalized spacial score (nSPS) is 18.8. The number of aromatic nitrogens is 2. The third-order valence-electron chi connectivity index (χ3n) is 5.70. The van der Waals surface area contributed by atoms with Crippen molar-refractivity contribution in [1.29, 1.82) is 0 Å². The second kappa shape index (κ2) is 7.26. The Morgan fingerprint density at radius 2 is 2.07 bits per heavy atom. The predicted octanol–water partition coefficient (Wildman–Crippen LogP) is 4.76. The number of benzene rings is 1. The van der Waals surface area contributed by atoms with Gasteiger partial charge in [0, 0.05) is 11.8 Å². The van der Waals surface area contributed by atoms with Crippen LogP contribution in [0.25, 0.3) is 0 Å². The Labute approximate surface area is 167 Å². The maximum absolute atomic E-state index is 13.2. The Morgan fingerprint density at radius 3 is 2.64 bits per heavy atom. The molecule has 1 N–H and O–H groups in total. The van der Waals surface area contributed by atoms with Gasteiger partial charge in [-0.1, -0.05) is 18.9 Å². The molecule has 0 bridgehead atoms. The van der Waals surface area contributed by atoms with Gasteiger partial charge in [0.25, 0.3) is 5.91 Å². The van der Waals surface area contributed by atoms with E-state index in [-0.39, 0.29) is 12.0 Å². The van der Waals surface area contributed by atoms with Gasteiger partial charge in [0.15, 0.2) is 0 Å². The van der Waals surface area contributed by atoms with Crippen molar-refractivity contribution in [3.63, 3.8) is 0 Å². The molecule has 0 unspecified atom stereocenters. The van der Waals surface area contributed by atoms with Crippen LogP contribution in [0.5, 0.6) is 5.75 Å². The van der Waals surface area contributed by atoms with Crippen LogP contribution in [0, 0.1) is 12.8 Å². The minimum absolute atomic E-state index is 0.0644. The first-order valence-corrected chi connectivity index (χ1v) is 10.5. The topological polar surface area (TPSA) is 56.2 Å². The van der Waals surface area contributed by atoms with E-state index >= 15 is 0 Å². The van der Waals surface area contributed by atoms with Crippen LogP contribution in [0.2, 0.25) is 0 Å². The van der Waals surface area contributed by atoms with Crippen molar-refractivity contribution in [2.45, 2.75) is 77.5 Å². The van der Waals surface area contributed by atoms with Crippen molar-refractivity contribution in [2.75, 3.05) is 0 Å². The second-order valence-electron chi connectivity index (χ2n) is 8.99. The number of ether oxygens (including phenoxy) is 1. The van der Waals surface area contributed by atoms with Crippen LogP contribution < -0.4 is 10.1 Å². The SMILES string of the molecule is Cc1cn([C@](C)(CC2CC2)NC(=O)c2ccc(C3CC3)c(OC(C)C)c2)cn1. The molecule has 4 rings (SSSR count). The fourth-order valence-corrected chi connectivity index (χ4v) is 3.88. The number of nitrogens with zero attached hydrogens (tertiary/aromatic N) is 2. The highest BCUT2D eigenvalue weighted by atomic mass is 16.5. The number of nitrogens with one attached hydrogen (secondary N) is 1. The van der Waals surface area contributed by atoms with E-state index in [1.54, 1.807) is 0 Å². The summed E-state index contributed by atoms with van der Waals surface area (Å²) in [5.74, 6) is 2.04. The van der Waals surface area contributed by atoms with Crippen molar-refractivity contribution < 1.29 is 9.53 Å². The summed E-state index contributed by atoms with van der Waals surface area (Å²) in [5.41, 5.74) is 2.36. The molecule has 1 atom stereocenters. The average molecular weight is 382 g/mol. The highest BCUT2D eigenvalue weighted by Gasteiger charge is 2.36. The molecule has 2 fully saturated rings. The van der Waals surface area contributed by atoms with E-state index in [1.807, 2.05) is 50.0 Å². The number of imidazole rings is 1. The van der Waals surface area contributed by atoms with Gasteiger partial charge in [0.1, 0.15) is 11.4 Å². The lowest BCUT2D eigenvalue weighted by atomic mass is 10.0. The van der Waals surface area contributed by atoms with E-state index in [4.69, 9.17) is 4.74 Å². The molecule has 1 heterocycles. The zero-order valence-corrected chi connectivity index (χ0v) is 17.4. The molecule has 5 heteroatoms. The molecular weight excluding hydrogens is 350 g/mol. The van der Waals surface area contributed by atoms with E-state index in [9.17, 15) is 4.79 Å². The Hall–Kier alpha value is -2.30. The smallest absolute Gasteiger partial charge is 0.253 e. The largest absolute Gasteiger partial charge is 0.491 e. The van der Waals surface area contributed by atoms with Gasteiger partial charge in [0.2, 0.25) is 0 Å². The summed E-state index contributed by atoms with van der Waals surface area (Å²) in [5, 5.41) is 3.28. The quantitative estimate of drug-likeness (QED) is 0.717. The summed E-state index contributed by atoms with van der Waals surface area (Å²) in [6.45, 7) is 8.12. The maximum atomic E-state index is 13.2. The zero-order chi connectivity index (χ0) is 19.9. The summed E-state index contributed by atoms with van der Waals surface area (Å²) in [6.07, 6.45) is 9.73. The van der Waals surface area contributed by atoms with Gasteiger partial charge in [-0.25, -0.2) is 4.98 Å². The number of aryl methyl sites for hydroxylation is 1. The van der Waals surface area contributed by atoms with E-state index in [0.717, 1.165) is 17.9 Å². The predicted molar refractivity (Wildman–Crippen MR) is 110 cm³/mol. The van der Waals surface area contributed by atoms with Crippen molar-refractivity contribution in [2.24, 2.45) is 5.92 Å². The van der Waals surface area contributed by atoms with Crippen molar-refractivity contribution in [1.82, 2.24) is 14.9 Å². The Balaban J connectivity index is 1.58. The highest BCUT2D eigenvalue weighted by molar-refractivity contribution is 5.95. The molecule has 28 heavy (non-hydrogen) atoms. The van der Waals surface area contributed by atoms with Crippen LogP contribution in [-0.2, 0) is 5.66 Å². The summed E-state index contributed by atoms with van der Waals surface area (Å²) in [4.78, 5) is 17.5. The summed E-state index contributed by atoms with van der Waals surface area (Å²) < 4.78 is 8.08. The molecule has 5 nitrogen and oxygen atoms in total. The van der Waals surface area contributed by atoms with Gasteiger partial charge in [0.05, 0.1) is 18.1 Å². The van der Waals surface area contributed by atoms with Crippen molar-refractivity contribution in [3.8, 4) is 5.75 Å². The first kappa shape index (κ1) is 19.0. The second-order valence-corrected chi connectivity index (χ2v) is 8.99. The Bertz CT molecular complexity index is 864. The fourth-order valence-electron chi connectivity index (χ4n) is 3.88. The molecule has 150 valence electrons. The monoisotopic (exact) mass is 381 g/mol. The lowest BCUT2D eigenvalue weighted by Crippen LogP contribution is -2.48. The number of hydrogen-bond acceptors (Lipinski definition) is 3. The van der Waals surface area contributed by atoms with Gasteiger partial charge in [-0.15, -0.1) is 0 Å². The molecule has 2 aromatic rings. The zero-order valence-electron chi connectivity index (χ0n) is 17.4. The first-order chi connectivity index (χ1) is 13.3. The van der Waals surface area contributed by atoms with Gasteiger partial charge in [-0.2, -0.15) is 0 Å². The molecule has 2 saturated carbocycles. The van der Waals surface area contributed by atoms with Gasteiger partial charge in [-0.05, 0) is 76.5 Å². The Morgan fingerprint density at radius 1 is 1.32 bits per heavy atom. The van der Waals surface area contributed by atoms with Gasteiger partial charge >= 0.3 is 0 Å². The van der Waals surface area contributed by atoms with Gasteiger partial charge in [-0.3, -0.25) is 4.79 Å². The number of carbonyl (C=O) groups is 1. The summed E-state index contributed by atoms with van der Waals surface area (Å²) >= 11 is 0. The maximum Gasteiger partial charge on any atom is 0.253 e. The molecule has 1 aromatic heterocycles. The lowest BCUT2D eigenvalue weighted by molar-refractivity contribution is 0.0839. The standard InChI is InChI=1S/C23H31N3O2/c1-15(2)28-21-11-19(9-10-20(21)18-7-8-18)22(27)25-23(4,12-17-5-6-17)26-13-16(3)24-14-26/h9-11,13-15,17-18H,5-8,12H2,1-4H3,(H,25,27)/t23-/m1/s1. The number of hydrogen-bond donors (Lipinski definition) is 1. The van der Waals surface area contributed by atoms with Crippen LogP contribution >= 0.6 is 0 Å². The Kier molecular flexibility index (Phi) is 4.94. The third kappa shape index (κ3) is 4.23. The molecule has 1 aromatic carbocycles. The number of rotatable bonds is 8. The number of amides is 1. The molecule has 0 saturated heterocycles. The van der Waals surface area contributed by atoms with Crippen molar-refractivity contribution in [3.05, 3.63) is 47.5 Å². The number of carbonyl (C=O) groups excluding carboxylic acids is 1. The van der Waals surface area contributed by atoms with Crippen molar-refractivity contribution >= 4 is 5.91 Å². The van der Waals surface area contributed by atoms with Gasteiger partial charge < -0.3 is 14.6 Å². The third-order valence-corrected chi connectivity index (χ3v) is 5.70. The highest BCUT2D eigenvalue weighted by Crippen LogP contribution is 2.45. The molecule has 0 radical (unpaired) electrons. The first-order valence-electron chi connectivity index (χ1n) is 10.5. The molecule has 2 aliphatic rings. The van der Waals surface area contributed by atoms with Crippen LogP contribution in [-0.4, -0.2) is 21.6 Å². The molecule has 0 spiro atoms. The average Bonchev–Trinajstić information content (AvgIpc) is 3.55. The van der Waals surface area contributed by atoms with Crippen LogP contribution in [0.3, 0.4) is 0 Å². The van der Waals surface area contributed by atoms with E-state index in [1.165, 1.54) is 31.2 Å². The van der Waals surface area contributed by atoms with E-state index in [2.05, 4.69) is 23.3 Å². The molecule has 0 aliphatic heterocycles. The lowest BCUT2D eigenvalue weighted by Gasteiger charge is -2.32.